The molecule has 134 valence electrons. The van der Waals surface area contributed by atoms with Gasteiger partial charge >= 0.3 is 6.03 Å². The van der Waals surface area contributed by atoms with Crippen molar-refractivity contribution in [1.82, 2.24) is 4.98 Å². The third kappa shape index (κ3) is 3.89. The molecule has 0 aliphatic carbocycles. The number of rotatable bonds is 3. The molecule has 3 aromatic carbocycles. The number of fused-ring (bicyclic) bond motifs is 1. The number of anilines is 2. The average Bonchev–Trinajstić information content (AvgIpc) is 3.05. The van der Waals surface area contributed by atoms with Crippen LogP contribution in [0, 0.1) is 0 Å². The van der Waals surface area contributed by atoms with E-state index in [0.717, 1.165) is 0 Å². The van der Waals surface area contributed by atoms with Gasteiger partial charge in [-0.1, -0.05) is 41.4 Å². The fourth-order valence-electron chi connectivity index (χ4n) is 2.61. The lowest BCUT2D eigenvalue weighted by atomic mass is 10.2. The number of hydrogen-bond donors (Lipinski definition) is 2. The summed E-state index contributed by atoms with van der Waals surface area (Å²) in [6.45, 7) is 0. The van der Waals surface area contributed by atoms with Gasteiger partial charge in [0.25, 0.3) is 0 Å². The maximum Gasteiger partial charge on any atom is 0.323 e. The largest absolute Gasteiger partial charge is 0.436 e. The topological polar surface area (TPSA) is 67.2 Å². The van der Waals surface area contributed by atoms with Crippen LogP contribution in [0.2, 0.25) is 10.0 Å². The summed E-state index contributed by atoms with van der Waals surface area (Å²) >= 11 is 12.1. The van der Waals surface area contributed by atoms with Crippen LogP contribution in [-0.2, 0) is 0 Å². The molecule has 0 atom stereocenters. The normalized spacial score (nSPS) is 10.7. The van der Waals surface area contributed by atoms with Crippen molar-refractivity contribution in [3.8, 4) is 11.5 Å². The van der Waals surface area contributed by atoms with Gasteiger partial charge in [0.1, 0.15) is 5.52 Å². The van der Waals surface area contributed by atoms with E-state index in [1.54, 1.807) is 48.5 Å². The predicted octanol–water partition coefficient (Wildman–Crippen LogP) is 6.45. The molecule has 1 heterocycles. The molecule has 0 saturated heterocycles. The summed E-state index contributed by atoms with van der Waals surface area (Å²) in [7, 11) is 0. The van der Waals surface area contributed by atoms with Gasteiger partial charge < -0.3 is 15.1 Å². The molecule has 0 aliphatic heterocycles. The Kier molecular flexibility index (Phi) is 4.71. The Labute approximate surface area is 164 Å². The monoisotopic (exact) mass is 397 g/mol. The molecule has 2 amide bonds. The zero-order valence-corrected chi connectivity index (χ0v) is 15.4. The van der Waals surface area contributed by atoms with Crippen molar-refractivity contribution in [1.29, 1.82) is 0 Å². The molecule has 4 rings (SSSR count). The molecular weight excluding hydrogens is 385 g/mol. The van der Waals surface area contributed by atoms with Gasteiger partial charge in [0.15, 0.2) is 5.58 Å². The zero-order chi connectivity index (χ0) is 18.8. The number of amides is 2. The van der Waals surface area contributed by atoms with Crippen molar-refractivity contribution in [3.63, 3.8) is 0 Å². The zero-order valence-electron chi connectivity index (χ0n) is 13.9. The molecule has 4 aromatic rings. The first-order valence-electron chi connectivity index (χ1n) is 8.07. The molecule has 0 spiro atoms. The summed E-state index contributed by atoms with van der Waals surface area (Å²) in [6.07, 6.45) is 0. The van der Waals surface area contributed by atoms with Crippen LogP contribution in [0.1, 0.15) is 0 Å². The second kappa shape index (κ2) is 7.31. The number of nitrogens with zero attached hydrogens (tertiary/aromatic N) is 1. The number of nitrogens with one attached hydrogen (secondary N) is 2. The molecule has 0 radical (unpaired) electrons. The molecule has 2 N–H and O–H groups in total. The van der Waals surface area contributed by atoms with Crippen LogP contribution in [0.4, 0.5) is 16.2 Å². The van der Waals surface area contributed by atoms with E-state index in [9.17, 15) is 4.79 Å². The molecule has 27 heavy (non-hydrogen) atoms. The number of benzene rings is 3. The summed E-state index contributed by atoms with van der Waals surface area (Å²) in [5, 5.41) is 6.58. The first kappa shape index (κ1) is 17.4. The highest BCUT2D eigenvalue weighted by Gasteiger charge is 2.12. The molecule has 1 aromatic heterocycles. The number of carbonyl (C=O) groups excluding carboxylic acids is 1. The van der Waals surface area contributed by atoms with Crippen molar-refractivity contribution in [3.05, 3.63) is 76.8 Å². The maximum atomic E-state index is 12.2. The lowest BCUT2D eigenvalue weighted by Gasteiger charge is -2.07. The standard InChI is InChI=1S/C20H13Cl2N3O2/c21-12-4-3-5-13(10-12)23-20(26)24-14-8-9-17-18(11-14)27-19(25-17)15-6-1-2-7-16(15)22/h1-11H,(H2,23,24,26). The number of urea groups is 1. The molecule has 0 fully saturated rings. The molecule has 0 unspecified atom stereocenters. The number of hydrogen-bond acceptors (Lipinski definition) is 3. The van der Waals surface area contributed by atoms with E-state index in [1.807, 2.05) is 18.2 Å². The van der Waals surface area contributed by atoms with E-state index in [2.05, 4.69) is 15.6 Å². The van der Waals surface area contributed by atoms with Crippen LogP contribution in [0.15, 0.2) is 71.1 Å². The number of oxazole rings is 1. The van der Waals surface area contributed by atoms with Crippen molar-refractivity contribution < 1.29 is 9.21 Å². The van der Waals surface area contributed by atoms with Crippen LogP contribution in [0.3, 0.4) is 0 Å². The van der Waals surface area contributed by atoms with Crippen molar-refractivity contribution in [2.24, 2.45) is 0 Å². The van der Waals surface area contributed by atoms with Crippen molar-refractivity contribution in [2.75, 3.05) is 10.6 Å². The molecule has 0 aliphatic rings. The van der Waals surface area contributed by atoms with E-state index in [1.165, 1.54) is 0 Å². The third-order valence-corrected chi connectivity index (χ3v) is 4.40. The molecule has 5 nitrogen and oxygen atoms in total. The first-order chi connectivity index (χ1) is 13.1. The number of carbonyl (C=O) groups is 1. The van der Waals surface area contributed by atoms with Gasteiger partial charge in [-0.25, -0.2) is 9.78 Å². The predicted molar refractivity (Wildman–Crippen MR) is 109 cm³/mol. The quantitative estimate of drug-likeness (QED) is 0.417. The highest BCUT2D eigenvalue weighted by atomic mass is 35.5. The van der Waals surface area contributed by atoms with Crippen LogP contribution < -0.4 is 10.6 Å². The highest BCUT2D eigenvalue weighted by molar-refractivity contribution is 6.33. The smallest absolute Gasteiger partial charge is 0.323 e. The summed E-state index contributed by atoms with van der Waals surface area (Å²) in [4.78, 5) is 16.6. The van der Waals surface area contributed by atoms with E-state index in [0.29, 0.717) is 44.0 Å². The molecule has 7 heteroatoms. The second-order valence-corrected chi connectivity index (χ2v) is 6.61. The van der Waals surface area contributed by atoms with Crippen molar-refractivity contribution >= 4 is 51.7 Å². The van der Waals surface area contributed by atoms with Gasteiger partial charge in [-0.15, -0.1) is 0 Å². The van der Waals surface area contributed by atoms with E-state index in [4.69, 9.17) is 27.6 Å². The van der Waals surface area contributed by atoms with Crippen LogP contribution in [-0.4, -0.2) is 11.0 Å². The number of halogens is 2. The van der Waals surface area contributed by atoms with Crippen LogP contribution in [0.25, 0.3) is 22.6 Å². The Balaban J connectivity index is 1.55. The van der Waals surface area contributed by atoms with Gasteiger partial charge in [0.05, 0.1) is 10.6 Å². The van der Waals surface area contributed by atoms with E-state index in [-0.39, 0.29) is 6.03 Å². The van der Waals surface area contributed by atoms with Gasteiger partial charge in [-0.3, -0.25) is 0 Å². The minimum Gasteiger partial charge on any atom is -0.436 e. The van der Waals surface area contributed by atoms with Crippen LogP contribution >= 0.6 is 23.2 Å². The molecule has 0 bridgehead atoms. The van der Waals surface area contributed by atoms with Crippen LogP contribution in [0.5, 0.6) is 0 Å². The Bertz CT molecular complexity index is 1140. The highest BCUT2D eigenvalue weighted by Crippen LogP contribution is 2.30. The van der Waals surface area contributed by atoms with Gasteiger partial charge in [-0.05, 0) is 42.5 Å². The fourth-order valence-corrected chi connectivity index (χ4v) is 3.02. The van der Waals surface area contributed by atoms with Gasteiger partial charge in [0, 0.05) is 22.5 Å². The first-order valence-corrected chi connectivity index (χ1v) is 8.83. The third-order valence-electron chi connectivity index (χ3n) is 3.83. The average molecular weight is 398 g/mol. The fraction of sp³-hybridized carbons (Fsp3) is 0. The Morgan fingerprint density at radius 1 is 0.889 bits per heavy atom. The minimum absolute atomic E-state index is 0.387. The lowest BCUT2D eigenvalue weighted by Crippen LogP contribution is -2.19. The summed E-state index contributed by atoms with van der Waals surface area (Å²) < 4.78 is 5.81. The Morgan fingerprint density at radius 3 is 2.44 bits per heavy atom. The Hall–Kier alpha value is -3.02. The summed E-state index contributed by atoms with van der Waals surface area (Å²) in [6, 6.07) is 19.1. The minimum atomic E-state index is -0.387. The summed E-state index contributed by atoms with van der Waals surface area (Å²) in [5.74, 6) is 0.427. The number of aromatic nitrogens is 1. The van der Waals surface area contributed by atoms with E-state index < -0.39 is 0 Å². The van der Waals surface area contributed by atoms with Gasteiger partial charge in [-0.2, -0.15) is 0 Å². The summed E-state index contributed by atoms with van der Waals surface area (Å²) in [5.41, 5.74) is 3.10. The van der Waals surface area contributed by atoms with E-state index >= 15 is 0 Å². The SMILES string of the molecule is O=C(Nc1cccc(Cl)c1)Nc1ccc2nc(-c3ccccc3Cl)oc2c1. The lowest BCUT2D eigenvalue weighted by molar-refractivity contribution is 0.262. The molecule has 0 saturated carbocycles. The second-order valence-electron chi connectivity index (χ2n) is 5.77. The Morgan fingerprint density at radius 2 is 1.67 bits per heavy atom. The van der Waals surface area contributed by atoms with Crippen molar-refractivity contribution in [2.45, 2.75) is 0 Å². The maximum absolute atomic E-state index is 12.2. The molecular formula is C20H13Cl2N3O2. The van der Waals surface area contributed by atoms with Gasteiger partial charge in [0.2, 0.25) is 5.89 Å².